The average molecular weight is 362 g/mol. The molecule has 0 aromatic carbocycles. The van der Waals surface area contributed by atoms with E-state index in [0.29, 0.717) is 13.0 Å². The third kappa shape index (κ3) is 6.72. The van der Waals surface area contributed by atoms with E-state index in [1.165, 1.54) is 11.8 Å². The monoisotopic (exact) mass is 362 g/mol. The first-order chi connectivity index (χ1) is 11.9. The molecule has 2 atom stereocenters. The number of rotatable bonds is 8. The molecule has 2 aromatic rings. The quantitative estimate of drug-likeness (QED) is 0.673. The van der Waals surface area contributed by atoms with Crippen LogP contribution in [0.25, 0.3) is 0 Å². The van der Waals surface area contributed by atoms with Crippen LogP contribution in [0.1, 0.15) is 18.2 Å². The molecule has 2 rings (SSSR count). The number of hydrogen-bond donors (Lipinski definition) is 3. The summed E-state index contributed by atoms with van der Waals surface area (Å²) < 4.78 is 0. The molecular weight excluding hydrogens is 336 g/mol. The number of likely N-dealkylation sites (N-methyl/N-ethyl adjacent to an activating group) is 1. The maximum Gasteiger partial charge on any atom is 0.315 e. The van der Waals surface area contributed by atoms with Gasteiger partial charge in [0.2, 0.25) is 0 Å². The lowest BCUT2D eigenvalue weighted by Gasteiger charge is -2.25. The van der Waals surface area contributed by atoms with Gasteiger partial charge in [-0.05, 0) is 62.0 Å². The zero-order chi connectivity index (χ0) is 18.2. The minimum absolute atomic E-state index is 0.0752. The van der Waals surface area contributed by atoms with Crippen LogP contribution in [0.4, 0.5) is 4.79 Å². The first-order valence-corrected chi connectivity index (χ1v) is 9.24. The molecule has 7 heteroatoms. The van der Waals surface area contributed by atoms with Gasteiger partial charge in [-0.3, -0.25) is 4.98 Å². The number of thiophene rings is 1. The third-order valence-electron chi connectivity index (χ3n) is 3.98. The van der Waals surface area contributed by atoms with Crippen LogP contribution in [-0.4, -0.2) is 53.7 Å². The highest BCUT2D eigenvalue weighted by Crippen LogP contribution is 2.10. The molecule has 1 unspecified atom stereocenters. The highest BCUT2D eigenvalue weighted by Gasteiger charge is 2.15. The van der Waals surface area contributed by atoms with Crippen molar-refractivity contribution in [2.24, 2.45) is 0 Å². The molecule has 0 fully saturated rings. The standard InChI is InChI=1S/C18H26N4O2S/c1-13(8-14-6-7-25-12-14)21-18(24)20-10-16(22(2)3)9-15-4-5-17(23)11-19-15/h4-7,11-13,16,23H,8-10H2,1-3H3,(H2,20,21,24)/t13?,16-/m0/s1. The van der Waals surface area contributed by atoms with Crippen molar-refractivity contribution in [1.29, 1.82) is 0 Å². The summed E-state index contributed by atoms with van der Waals surface area (Å²) >= 11 is 1.66. The average Bonchev–Trinajstić information content (AvgIpc) is 3.05. The number of nitrogens with one attached hydrogen (secondary N) is 2. The van der Waals surface area contributed by atoms with E-state index in [-0.39, 0.29) is 23.9 Å². The normalized spacial score (nSPS) is 13.4. The number of nitrogens with zero attached hydrogens (tertiary/aromatic N) is 2. The van der Waals surface area contributed by atoms with Gasteiger partial charge < -0.3 is 20.6 Å². The zero-order valence-corrected chi connectivity index (χ0v) is 15.7. The fourth-order valence-electron chi connectivity index (χ4n) is 2.51. The molecule has 0 aliphatic heterocycles. The Hall–Kier alpha value is -2.12. The number of pyridine rings is 1. The number of urea groups is 1. The minimum Gasteiger partial charge on any atom is -0.506 e. The van der Waals surface area contributed by atoms with E-state index in [0.717, 1.165) is 12.1 Å². The molecule has 0 saturated heterocycles. The van der Waals surface area contributed by atoms with Crippen LogP contribution < -0.4 is 10.6 Å². The van der Waals surface area contributed by atoms with Crippen molar-refractivity contribution in [3.8, 4) is 5.75 Å². The molecule has 25 heavy (non-hydrogen) atoms. The first kappa shape index (κ1) is 19.2. The van der Waals surface area contributed by atoms with E-state index < -0.39 is 0 Å². The highest BCUT2D eigenvalue weighted by atomic mass is 32.1. The predicted molar refractivity (Wildman–Crippen MR) is 101 cm³/mol. The van der Waals surface area contributed by atoms with Gasteiger partial charge in [-0.25, -0.2) is 4.79 Å². The molecule has 136 valence electrons. The Labute approximate surface area is 152 Å². The van der Waals surface area contributed by atoms with E-state index in [1.807, 2.05) is 26.4 Å². The Morgan fingerprint density at radius 3 is 2.72 bits per heavy atom. The Morgan fingerprint density at radius 2 is 2.12 bits per heavy atom. The fourth-order valence-corrected chi connectivity index (χ4v) is 3.20. The van der Waals surface area contributed by atoms with Gasteiger partial charge in [0.15, 0.2) is 0 Å². The lowest BCUT2D eigenvalue weighted by Crippen LogP contribution is -2.47. The van der Waals surface area contributed by atoms with Crippen LogP contribution in [0.3, 0.4) is 0 Å². The van der Waals surface area contributed by atoms with Crippen molar-refractivity contribution in [1.82, 2.24) is 20.5 Å². The van der Waals surface area contributed by atoms with Crippen LogP contribution in [0.15, 0.2) is 35.2 Å². The smallest absolute Gasteiger partial charge is 0.315 e. The van der Waals surface area contributed by atoms with Gasteiger partial charge in [-0.2, -0.15) is 11.3 Å². The largest absolute Gasteiger partial charge is 0.506 e. The van der Waals surface area contributed by atoms with Crippen molar-refractivity contribution >= 4 is 17.4 Å². The molecular formula is C18H26N4O2S. The number of carbonyl (C=O) groups is 1. The molecule has 0 aliphatic rings. The van der Waals surface area contributed by atoms with Crippen LogP contribution in [0, 0.1) is 0 Å². The van der Waals surface area contributed by atoms with Gasteiger partial charge in [0.1, 0.15) is 5.75 Å². The van der Waals surface area contributed by atoms with E-state index in [2.05, 4.69) is 32.0 Å². The Morgan fingerprint density at radius 1 is 1.32 bits per heavy atom. The van der Waals surface area contributed by atoms with Gasteiger partial charge in [-0.15, -0.1) is 0 Å². The van der Waals surface area contributed by atoms with Gasteiger partial charge in [0.05, 0.1) is 6.20 Å². The molecule has 2 aromatic heterocycles. The lowest BCUT2D eigenvalue weighted by molar-refractivity contribution is 0.229. The van der Waals surface area contributed by atoms with Crippen LogP contribution in [0.5, 0.6) is 5.75 Å². The third-order valence-corrected chi connectivity index (χ3v) is 4.71. The molecule has 0 spiro atoms. The summed E-state index contributed by atoms with van der Waals surface area (Å²) in [5.41, 5.74) is 2.12. The predicted octanol–water partition coefficient (Wildman–Crippen LogP) is 2.25. The fraction of sp³-hybridized carbons (Fsp3) is 0.444. The number of aromatic nitrogens is 1. The number of hydrogen-bond acceptors (Lipinski definition) is 5. The molecule has 0 aliphatic carbocycles. The number of carbonyl (C=O) groups excluding carboxylic acids is 1. The van der Waals surface area contributed by atoms with Crippen molar-refractivity contribution in [2.75, 3.05) is 20.6 Å². The molecule has 6 nitrogen and oxygen atoms in total. The summed E-state index contributed by atoms with van der Waals surface area (Å²) in [7, 11) is 3.95. The summed E-state index contributed by atoms with van der Waals surface area (Å²) in [6.07, 6.45) is 2.96. The number of amides is 2. The summed E-state index contributed by atoms with van der Waals surface area (Å²) in [5.74, 6) is 0.155. The molecule has 0 bridgehead atoms. The second kappa shape index (κ2) is 9.39. The highest BCUT2D eigenvalue weighted by molar-refractivity contribution is 7.07. The topological polar surface area (TPSA) is 77.5 Å². The summed E-state index contributed by atoms with van der Waals surface area (Å²) in [4.78, 5) is 18.4. The molecule has 2 heterocycles. The van der Waals surface area contributed by atoms with Crippen molar-refractivity contribution < 1.29 is 9.90 Å². The van der Waals surface area contributed by atoms with E-state index in [1.54, 1.807) is 23.5 Å². The molecule has 0 radical (unpaired) electrons. The summed E-state index contributed by atoms with van der Waals surface area (Å²) in [5, 5.41) is 19.4. The SMILES string of the molecule is CC(Cc1ccsc1)NC(=O)NC[C@H](Cc1ccc(O)cn1)N(C)C. The van der Waals surface area contributed by atoms with Crippen molar-refractivity contribution in [3.05, 3.63) is 46.4 Å². The second-order valence-electron chi connectivity index (χ2n) is 6.42. The molecule has 2 amide bonds. The van der Waals surface area contributed by atoms with Crippen LogP contribution in [0.2, 0.25) is 0 Å². The zero-order valence-electron chi connectivity index (χ0n) is 14.9. The lowest BCUT2D eigenvalue weighted by atomic mass is 10.1. The molecule has 0 saturated carbocycles. The Balaban J connectivity index is 1.79. The van der Waals surface area contributed by atoms with Gasteiger partial charge >= 0.3 is 6.03 Å². The second-order valence-corrected chi connectivity index (χ2v) is 7.20. The first-order valence-electron chi connectivity index (χ1n) is 8.30. The van der Waals surface area contributed by atoms with Gasteiger partial charge in [-0.1, -0.05) is 0 Å². The Bertz CT molecular complexity index is 644. The van der Waals surface area contributed by atoms with E-state index in [4.69, 9.17) is 0 Å². The van der Waals surface area contributed by atoms with E-state index in [9.17, 15) is 9.90 Å². The number of aromatic hydroxyl groups is 1. The maximum absolute atomic E-state index is 12.1. The van der Waals surface area contributed by atoms with Crippen molar-refractivity contribution in [3.63, 3.8) is 0 Å². The van der Waals surface area contributed by atoms with Crippen molar-refractivity contribution in [2.45, 2.75) is 31.8 Å². The molecule has 3 N–H and O–H groups in total. The maximum atomic E-state index is 12.1. The van der Waals surface area contributed by atoms with Gasteiger partial charge in [0.25, 0.3) is 0 Å². The van der Waals surface area contributed by atoms with Gasteiger partial charge in [0, 0.05) is 30.7 Å². The summed E-state index contributed by atoms with van der Waals surface area (Å²) in [6, 6.07) is 5.54. The van der Waals surface area contributed by atoms with Crippen LogP contribution >= 0.6 is 11.3 Å². The Kier molecular flexibility index (Phi) is 7.21. The minimum atomic E-state index is -0.159. The van der Waals surface area contributed by atoms with Crippen LogP contribution in [-0.2, 0) is 12.8 Å². The van der Waals surface area contributed by atoms with E-state index >= 15 is 0 Å². The summed E-state index contributed by atoms with van der Waals surface area (Å²) in [6.45, 7) is 2.52.